The summed E-state index contributed by atoms with van der Waals surface area (Å²) >= 11 is 1.57. The molecule has 0 aliphatic carbocycles. The molecule has 3 aromatic rings. The highest BCUT2D eigenvalue weighted by atomic mass is 32.1. The topological polar surface area (TPSA) is 52.1 Å². The molecule has 0 bridgehead atoms. The lowest BCUT2D eigenvalue weighted by Gasteiger charge is -2.04. The number of esters is 1. The van der Waals surface area contributed by atoms with Crippen LogP contribution >= 0.6 is 11.3 Å². The molecule has 0 fully saturated rings. The number of benzene rings is 2. The van der Waals surface area contributed by atoms with Crippen LogP contribution in [-0.2, 0) is 11.2 Å². The highest BCUT2D eigenvalue weighted by Gasteiger charge is 2.10. The van der Waals surface area contributed by atoms with Gasteiger partial charge in [-0.1, -0.05) is 120 Å². The normalized spacial score (nSPS) is 10.8. The Morgan fingerprint density at radius 1 is 0.707 bits per heavy atom. The molecule has 5 heteroatoms. The van der Waals surface area contributed by atoms with Gasteiger partial charge in [0.2, 0.25) is 0 Å². The fourth-order valence-corrected chi connectivity index (χ4v) is 5.59. The van der Waals surface area contributed by atoms with E-state index in [0.29, 0.717) is 5.75 Å². The standard InChI is InChI=1S/C36H48N2O2S/c1-3-5-7-9-11-13-15-17-19-21-34(39)40-33-28-26-32(27-29-33)36-38-37-35(41-36)31-24-22-30(23-25-31)20-18-16-14-12-10-8-6-4-2/h15,19,22-29H,3-14,16,18,20-21H2,1-2H3. The van der Waals surface area contributed by atoms with Crippen LogP contribution in [0.2, 0.25) is 0 Å². The van der Waals surface area contributed by atoms with Crippen molar-refractivity contribution in [2.75, 3.05) is 0 Å². The summed E-state index contributed by atoms with van der Waals surface area (Å²) in [5, 5.41) is 10.6. The summed E-state index contributed by atoms with van der Waals surface area (Å²) in [5.74, 6) is 0.245. The molecule has 41 heavy (non-hydrogen) atoms. The smallest absolute Gasteiger partial charge is 0.315 e. The molecule has 0 N–H and O–H groups in total. The Hall–Kier alpha value is -3.01. The molecule has 2 aromatic carbocycles. The molecule has 1 aromatic heterocycles. The van der Waals surface area contributed by atoms with Crippen LogP contribution in [0.3, 0.4) is 0 Å². The maximum Gasteiger partial charge on any atom is 0.315 e. The molecule has 0 unspecified atom stereocenters. The van der Waals surface area contributed by atoms with E-state index >= 15 is 0 Å². The number of hydrogen-bond acceptors (Lipinski definition) is 5. The van der Waals surface area contributed by atoms with Crippen molar-refractivity contribution in [1.82, 2.24) is 10.2 Å². The number of ether oxygens (including phenoxy) is 1. The van der Waals surface area contributed by atoms with Gasteiger partial charge in [0.25, 0.3) is 0 Å². The van der Waals surface area contributed by atoms with Gasteiger partial charge < -0.3 is 4.74 Å². The van der Waals surface area contributed by atoms with E-state index in [9.17, 15) is 4.79 Å². The number of nitrogens with zero attached hydrogens (tertiary/aromatic N) is 2. The second-order valence-corrected chi connectivity index (χ2v) is 11.8. The highest BCUT2D eigenvalue weighted by molar-refractivity contribution is 7.17. The van der Waals surface area contributed by atoms with Crippen LogP contribution in [0, 0.1) is 0 Å². The number of unbranched alkanes of at least 4 members (excludes halogenated alkanes) is 12. The lowest BCUT2D eigenvalue weighted by atomic mass is 10.0. The van der Waals surface area contributed by atoms with Gasteiger partial charge in [-0.15, -0.1) is 15.9 Å². The fourth-order valence-electron chi connectivity index (χ4n) is 4.73. The molecule has 4 nitrogen and oxygen atoms in total. The number of carbonyl (C=O) groups is 1. The largest absolute Gasteiger partial charge is 0.426 e. The lowest BCUT2D eigenvalue weighted by Crippen LogP contribution is -2.05. The second kappa shape index (κ2) is 20.0. The Morgan fingerprint density at radius 2 is 1.24 bits per heavy atom. The van der Waals surface area contributed by atoms with Gasteiger partial charge in [0.05, 0.1) is 6.42 Å². The Balaban J connectivity index is 1.39. The van der Waals surface area contributed by atoms with Crippen molar-refractivity contribution in [3.05, 3.63) is 72.0 Å². The van der Waals surface area contributed by atoms with Crippen molar-refractivity contribution in [3.8, 4) is 26.9 Å². The third-order valence-corrected chi connectivity index (χ3v) is 8.26. The molecule has 0 saturated heterocycles. The predicted octanol–water partition coefficient (Wildman–Crippen LogP) is 10.9. The Bertz CT molecular complexity index is 1190. The highest BCUT2D eigenvalue weighted by Crippen LogP contribution is 2.31. The quantitative estimate of drug-likeness (QED) is 0.0585. The van der Waals surface area contributed by atoms with Crippen LogP contribution in [0.1, 0.15) is 116 Å². The Morgan fingerprint density at radius 3 is 1.85 bits per heavy atom. The first-order valence-electron chi connectivity index (χ1n) is 15.8. The molecule has 3 rings (SSSR count). The number of carbonyl (C=O) groups excluding carboxylic acids is 1. The molecule has 0 saturated carbocycles. The average molecular weight is 573 g/mol. The predicted molar refractivity (Wildman–Crippen MR) is 173 cm³/mol. The van der Waals surface area contributed by atoms with E-state index in [-0.39, 0.29) is 12.4 Å². The molecule has 0 atom stereocenters. The van der Waals surface area contributed by atoms with E-state index in [4.69, 9.17) is 4.74 Å². The van der Waals surface area contributed by atoms with Crippen molar-refractivity contribution >= 4 is 17.3 Å². The molecule has 0 aliphatic heterocycles. The maximum atomic E-state index is 12.2. The van der Waals surface area contributed by atoms with Crippen molar-refractivity contribution in [3.63, 3.8) is 0 Å². The molecule has 0 spiro atoms. The van der Waals surface area contributed by atoms with Gasteiger partial charge in [-0.3, -0.25) is 4.79 Å². The van der Waals surface area contributed by atoms with Crippen molar-refractivity contribution in [1.29, 1.82) is 0 Å². The van der Waals surface area contributed by atoms with Gasteiger partial charge >= 0.3 is 5.97 Å². The first kappa shape index (κ1) is 32.5. The molecule has 220 valence electrons. The van der Waals surface area contributed by atoms with E-state index in [1.807, 2.05) is 30.3 Å². The zero-order chi connectivity index (χ0) is 29.0. The number of aryl methyl sites for hydroxylation is 1. The zero-order valence-corrected chi connectivity index (χ0v) is 26.0. The van der Waals surface area contributed by atoms with Crippen LogP contribution in [0.5, 0.6) is 5.75 Å². The third-order valence-electron chi connectivity index (χ3n) is 7.23. The first-order valence-corrected chi connectivity index (χ1v) is 16.6. The third kappa shape index (κ3) is 13.0. The first-order chi connectivity index (χ1) is 20.2. The van der Waals surface area contributed by atoms with Crippen LogP contribution in [0.4, 0.5) is 0 Å². The summed E-state index contributed by atoms with van der Waals surface area (Å²) in [4.78, 5) is 12.2. The van der Waals surface area contributed by atoms with Gasteiger partial charge in [0.1, 0.15) is 15.8 Å². The van der Waals surface area contributed by atoms with E-state index < -0.39 is 0 Å². The van der Waals surface area contributed by atoms with Crippen molar-refractivity contribution in [2.24, 2.45) is 0 Å². The minimum atomic E-state index is -0.286. The summed E-state index contributed by atoms with van der Waals surface area (Å²) in [5.41, 5.74) is 6.54. The molecule has 1 heterocycles. The van der Waals surface area contributed by atoms with Crippen LogP contribution < -0.4 is 4.74 Å². The number of aromatic nitrogens is 2. The minimum absolute atomic E-state index is 0.214. The monoisotopic (exact) mass is 572 g/mol. The van der Waals surface area contributed by atoms with Gasteiger partial charge in [-0.05, 0) is 67.7 Å². The van der Waals surface area contributed by atoms with Gasteiger partial charge in [-0.25, -0.2) is 0 Å². The van der Waals surface area contributed by atoms with Crippen molar-refractivity contribution < 1.29 is 9.53 Å². The summed E-state index contributed by atoms with van der Waals surface area (Å²) in [6, 6.07) is 16.2. The van der Waals surface area contributed by atoms with Gasteiger partial charge in [0, 0.05) is 11.1 Å². The Kier molecular flexibility index (Phi) is 15.8. The molecule has 0 radical (unpaired) electrons. The maximum absolute atomic E-state index is 12.2. The van der Waals surface area contributed by atoms with E-state index in [1.165, 1.54) is 89.0 Å². The van der Waals surface area contributed by atoms with Crippen LogP contribution in [0.25, 0.3) is 21.1 Å². The second-order valence-electron chi connectivity index (χ2n) is 10.8. The molecular weight excluding hydrogens is 524 g/mol. The number of rotatable bonds is 20. The number of hydrogen-bond donors (Lipinski definition) is 0. The van der Waals surface area contributed by atoms with Gasteiger partial charge in [0.15, 0.2) is 0 Å². The van der Waals surface area contributed by atoms with E-state index in [2.05, 4.69) is 54.0 Å². The van der Waals surface area contributed by atoms with E-state index in [0.717, 1.165) is 34.0 Å². The molecule has 0 amide bonds. The average Bonchev–Trinajstić information content (AvgIpc) is 3.49. The summed E-state index contributed by atoms with van der Waals surface area (Å²) in [7, 11) is 0. The van der Waals surface area contributed by atoms with Crippen LogP contribution in [0.15, 0.2) is 66.4 Å². The SMILES string of the molecule is CCCCCCCC=C=CCC(=O)Oc1ccc(-c2nnc(-c3ccc(CCCCCCCCCC)cc3)s2)cc1. The summed E-state index contributed by atoms with van der Waals surface area (Å²) in [6.45, 7) is 4.49. The zero-order valence-electron chi connectivity index (χ0n) is 25.2. The molecule has 0 aliphatic rings. The van der Waals surface area contributed by atoms with E-state index in [1.54, 1.807) is 17.4 Å². The summed E-state index contributed by atoms with van der Waals surface area (Å²) < 4.78 is 5.47. The summed E-state index contributed by atoms with van der Waals surface area (Å²) in [6.07, 6.45) is 23.2. The van der Waals surface area contributed by atoms with Crippen LogP contribution in [-0.4, -0.2) is 16.2 Å². The van der Waals surface area contributed by atoms with Gasteiger partial charge in [-0.2, -0.15) is 0 Å². The fraction of sp³-hybridized carbons (Fsp3) is 0.500. The minimum Gasteiger partial charge on any atom is -0.426 e. The van der Waals surface area contributed by atoms with Crippen molar-refractivity contribution in [2.45, 2.75) is 117 Å². The molecular formula is C36H48N2O2S. The Labute approximate surface area is 252 Å². The lowest BCUT2D eigenvalue weighted by molar-refractivity contribution is -0.133.